The lowest BCUT2D eigenvalue weighted by molar-refractivity contribution is -0.138. The molecule has 0 aliphatic carbocycles. The van der Waals surface area contributed by atoms with Crippen LogP contribution in [0.25, 0.3) is 0 Å². The number of nitrogens with zero attached hydrogens (tertiary/aromatic N) is 1. The largest absolute Gasteiger partial charge is 0.481 e. The summed E-state index contributed by atoms with van der Waals surface area (Å²) in [6.07, 6.45) is 1.90. The van der Waals surface area contributed by atoms with Crippen LogP contribution in [0.15, 0.2) is 42.6 Å². The number of pyridine rings is 1. The van der Waals surface area contributed by atoms with E-state index in [1.807, 2.05) is 13.0 Å². The van der Waals surface area contributed by atoms with E-state index in [0.29, 0.717) is 12.1 Å². The van der Waals surface area contributed by atoms with E-state index >= 15 is 0 Å². The molecule has 1 N–H and O–H groups in total. The third kappa shape index (κ3) is 3.37. The molecular formula is C15H14FNO2. The minimum absolute atomic E-state index is 0.298. The van der Waals surface area contributed by atoms with Gasteiger partial charge in [0.1, 0.15) is 11.7 Å². The summed E-state index contributed by atoms with van der Waals surface area (Å²) < 4.78 is 12.8. The number of carboxylic acids is 1. The van der Waals surface area contributed by atoms with E-state index in [0.717, 1.165) is 11.1 Å². The van der Waals surface area contributed by atoms with Crippen molar-refractivity contribution in [3.05, 3.63) is 65.2 Å². The van der Waals surface area contributed by atoms with Crippen LogP contribution in [0.1, 0.15) is 22.7 Å². The Hall–Kier alpha value is -2.23. The SMILES string of the molecule is Cc1ccnc(C(Cc2ccc(F)cc2)C(=O)O)c1. The van der Waals surface area contributed by atoms with E-state index in [9.17, 15) is 14.3 Å². The summed E-state index contributed by atoms with van der Waals surface area (Å²) in [6.45, 7) is 1.89. The number of aromatic nitrogens is 1. The first-order valence-electron chi connectivity index (χ1n) is 5.96. The molecule has 0 spiro atoms. The summed E-state index contributed by atoms with van der Waals surface area (Å²) in [7, 11) is 0. The molecular weight excluding hydrogens is 245 g/mol. The van der Waals surface area contributed by atoms with Gasteiger partial charge in [0, 0.05) is 6.20 Å². The maximum atomic E-state index is 12.8. The van der Waals surface area contributed by atoms with Crippen LogP contribution in [0.5, 0.6) is 0 Å². The summed E-state index contributed by atoms with van der Waals surface area (Å²) in [4.78, 5) is 15.5. The van der Waals surface area contributed by atoms with Crippen molar-refractivity contribution in [2.75, 3.05) is 0 Å². The molecule has 0 aliphatic heterocycles. The fourth-order valence-electron chi connectivity index (χ4n) is 1.92. The van der Waals surface area contributed by atoms with Gasteiger partial charge >= 0.3 is 5.97 Å². The Balaban J connectivity index is 2.26. The molecule has 0 radical (unpaired) electrons. The highest BCUT2D eigenvalue weighted by Gasteiger charge is 2.21. The zero-order valence-corrected chi connectivity index (χ0v) is 10.5. The zero-order valence-electron chi connectivity index (χ0n) is 10.5. The van der Waals surface area contributed by atoms with Gasteiger partial charge in [-0.25, -0.2) is 4.39 Å². The molecule has 3 nitrogen and oxygen atoms in total. The maximum absolute atomic E-state index is 12.8. The maximum Gasteiger partial charge on any atom is 0.312 e. The molecule has 0 amide bonds. The molecule has 4 heteroatoms. The number of carbonyl (C=O) groups is 1. The van der Waals surface area contributed by atoms with Crippen molar-refractivity contribution < 1.29 is 14.3 Å². The first kappa shape index (κ1) is 13.2. The first-order chi connectivity index (χ1) is 9.06. The van der Waals surface area contributed by atoms with Crippen LogP contribution in [-0.2, 0) is 11.2 Å². The van der Waals surface area contributed by atoms with Crippen LogP contribution in [0.2, 0.25) is 0 Å². The fraction of sp³-hybridized carbons (Fsp3) is 0.200. The number of benzene rings is 1. The Bertz CT molecular complexity index is 581. The Labute approximate surface area is 110 Å². The number of hydrogen-bond acceptors (Lipinski definition) is 2. The van der Waals surface area contributed by atoms with E-state index in [1.165, 1.54) is 12.1 Å². The second-order valence-electron chi connectivity index (χ2n) is 4.48. The highest BCUT2D eigenvalue weighted by Crippen LogP contribution is 2.20. The van der Waals surface area contributed by atoms with E-state index in [1.54, 1.807) is 24.4 Å². The molecule has 1 unspecified atom stereocenters. The molecule has 1 atom stereocenters. The van der Waals surface area contributed by atoms with Crippen molar-refractivity contribution in [1.29, 1.82) is 0 Å². The average Bonchev–Trinajstić information content (AvgIpc) is 2.37. The van der Waals surface area contributed by atoms with Gasteiger partial charge < -0.3 is 5.11 Å². The van der Waals surface area contributed by atoms with E-state index < -0.39 is 11.9 Å². The number of hydrogen-bond donors (Lipinski definition) is 1. The molecule has 1 aromatic carbocycles. The van der Waals surface area contributed by atoms with Gasteiger partial charge in [0.05, 0.1) is 5.69 Å². The molecule has 19 heavy (non-hydrogen) atoms. The molecule has 0 aliphatic rings. The van der Waals surface area contributed by atoms with Gasteiger partial charge in [0.2, 0.25) is 0 Å². The monoisotopic (exact) mass is 259 g/mol. The number of rotatable bonds is 4. The molecule has 98 valence electrons. The molecule has 0 fully saturated rings. The molecule has 2 aromatic rings. The molecule has 0 saturated heterocycles. The number of aryl methyl sites for hydroxylation is 1. The lowest BCUT2D eigenvalue weighted by Crippen LogP contribution is -2.16. The lowest BCUT2D eigenvalue weighted by Gasteiger charge is -2.12. The summed E-state index contributed by atoms with van der Waals surface area (Å²) in [5.41, 5.74) is 2.27. The normalized spacial score (nSPS) is 12.1. The molecule has 1 aromatic heterocycles. The summed E-state index contributed by atoms with van der Waals surface area (Å²) >= 11 is 0. The average molecular weight is 259 g/mol. The second kappa shape index (κ2) is 5.61. The van der Waals surface area contributed by atoms with Crippen molar-refractivity contribution >= 4 is 5.97 Å². The number of carboxylic acid groups (broad SMARTS) is 1. The highest BCUT2D eigenvalue weighted by molar-refractivity contribution is 5.75. The van der Waals surface area contributed by atoms with Gasteiger partial charge in [-0.1, -0.05) is 12.1 Å². The minimum Gasteiger partial charge on any atom is -0.481 e. The molecule has 0 bridgehead atoms. The van der Waals surface area contributed by atoms with Gasteiger partial charge in [-0.05, 0) is 48.7 Å². The van der Waals surface area contributed by atoms with Gasteiger partial charge in [0.15, 0.2) is 0 Å². The van der Waals surface area contributed by atoms with Crippen LogP contribution in [0, 0.1) is 12.7 Å². The van der Waals surface area contributed by atoms with Crippen LogP contribution in [0.3, 0.4) is 0 Å². The van der Waals surface area contributed by atoms with Gasteiger partial charge in [0.25, 0.3) is 0 Å². The summed E-state index contributed by atoms with van der Waals surface area (Å²) in [6, 6.07) is 9.45. The van der Waals surface area contributed by atoms with E-state index in [-0.39, 0.29) is 5.82 Å². The van der Waals surface area contributed by atoms with Crippen molar-refractivity contribution in [2.45, 2.75) is 19.3 Å². The van der Waals surface area contributed by atoms with Crippen LogP contribution in [-0.4, -0.2) is 16.1 Å². The van der Waals surface area contributed by atoms with Gasteiger partial charge in [-0.15, -0.1) is 0 Å². The van der Waals surface area contributed by atoms with Crippen molar-refractivity contribution in [1.82, 2.24) is 4.98 Å². The quantitative estimate of drug-likeness (QED) is 0.918. The van der Waals surface area contributed by atoms with E-state index in [4.69, 9.17) is 0 Å². The minimum atomic E-state index is -0.928. The number of halogens is 1. The highest BCUT2D eigenvalue weighted by atomic mass is 19.1. The fourth-order valence-corrected chi connectivity index (χ4v) is 1.92. The van der Waals surface area contributed by atoms with Crippen molar-refractivity contribution in [3.63, 3.8) is 0 Å². The topological polar surface area (TPSA) is 50.2 Å². The first-order valence-corrected chi connectivity index (χ1v) is 5.96. The van der Waals surface area contributed by atoms with E-state index in [2.05, 4.69) is 4.98 Å². The van der Waals surface area contributed by atoms with Crippen LogP contribution < -0.4 is 0 Å². The molecule has 0 saturated carbocycles. The van der Waals surface area contributed by atoms with Gasteiger partial charge in [-0.3, -0.25) is 9.78 Å². The Morgan fingerprint density at radius 1 is 1.32 bits per heavy atom. The summed E-state index contributed by atoms with van der Waals surface area (Å²) in [5, 5.41) is 9.32. The van der Waals surface area contributed by atoms with Crippen LogP contribution >= 0.6 is 0 Å². The third-order valence-electron chi connectivity index (χ3n) is 2.94. The molecule has 1 heterocycles. The standard InChI is InChI=1S/C15H14FNO2/c1-10-6-7-17-14(8-10)13(15(18)19)9-11-2-4-12(16)5-3-11/h2-8,13H,9H2,1H3,(H,18,19). The van der Waals surface area contributed by atoms with Crippen molar-refractivity contribution in [2.24, 2.45) is 0 Å². The summed E-state index contributed by atoms with van der Waals surface area (Å²) in [5.74, 6) is -1.97. The van der Waals surface area contributed by atoms with Gasteiger partial charge in [-0.2, -0.15) is 0 Å². The molecule has 2 rings (SSSR count). The Morgan fingerprint density at radius 2 is 2.00 bits per heavy atom. The Kier molecular flexibility index (Phi) is 3.90. The zero-order chi connectivity index (χ0) is 13.8. The smallest absolute Gasteiger partial charge is 0.312 e. The van der Waals surface area contributed by atoms with Crippen molar-refractivity contribution in [3.8, 4) is 0 Å². The lowest BCUT2D eigenvalue weighted by atomic mass is 9.95. The number of aliphatic carboxylic acids is 1. The predicted octanol–water partition coefficient (Wildman–Crippen LogP) is 2.94. The second-order valence-corrected chi connectivity index (χ2v) is 4.48. The Morgan fingerprint density at radius 3 is 2.58 bits per heavy atom. The van der Waals surface area contributed by atoms with Crippen LogP contribution in [0.4, 0.5) is 4.39 Å². The third-order valence-corrected chi connectivity index (χ3v) is 2.94. The predicted molar refractivity (Wildman–Crippen MR) is 69.5 cm³/mol.